The molecule has 0 aromatic carbocycles. The summed E-state index contributed by atoms with van der Waals surface area (Å²) in [4.78, 5) is 12.5. The molecule has 0 radical (unpaired) electrons. The van der Waals surface area contributed by atoms with Crippen molar-refractivity contribution in [3.8, 4) is 0 Å². The third kappa shape index (κ3) is 2.42. The second-order valence-electron chi connectivity index (χ2n) is 6.09. The van der Waals surface area contributed by atoms with E-state index in [9.17, 15) is 4.79 Å². The minimum Gasteiger partial charge on any atom is -0.409 e. The average molecular weight is 267 g/mol. The van der Waals surface area contributed by atoms with E-state index in [1.54, 1.807) is 0 Å². The summed E-state index contributed by atoms with van der Waals surface area (Å²) in [5.41, 5.74) is 5.24. The van der Waals surface area contributed by atoms with Crippen LogP contribution < -0.4 is 11.1 Å². The molecule has 0 heterocycles. The van der Waals surface area contributed by atoms with E-state index in [2.05, 4.69) is 10.5 Å². The standard InChI is InChI=1S/C14H25N3O2/c1-3-14(4-2,11(15)17-19)12(18)16-9-13(7-8-13)10-5-6-10/h10,19H,3-9H2,1-2H3,(H2,15,17)(H,16,18). The van der Waals surface area contributed by atoms with Crippen molar-refractivity contribution in [2.45, 2.75) is 52.4 Å². The number of hydrogen-bond donors (Lipinski definition) is 3. The fraction of sp³-hybridized carbons (Fsp3) is 0.857. The molecule has 0 bridgehead atoms. The fourth-order valence-electron chi connectivity index (χ4n) is 3.16. The molecule has 0 spiro atoms. The molecular weight excluding hydrogens is 242 g/mol. The number of nitrogens with zero attached hydrogens (tertiary/aromatic N) is 1. The maximum Gasteiger partial charge on any atom is 0.233 e. The van der Waals surface area contributed by atoms with Gasteiger partial charge in [-0.2, -0.15) is 0 Å². The van der Waals surface area contributed by atoms with Crippen LogP contribution in [0.3, 0.4) is 0 Å². The van der Waals surface area contributed by atoms with Crippen molar-refractivity contribution in [3.05, 3.63) is 0 Å². The molecule has 4 N–H and O–H groups in total. The Balaban J connectivity index is 2.00. The number of nitrogens with one attached hydrogen (secondary N) is 1. The summed E-state index contributed by atoms with van der Waals surface area (Å²) < 4.78 is 0. The van der Waals surface area contributed by atoms with Gasteiger partial charge in [0.1, 0.15) is 5.41 Å². The minimum absolute atomic E-state index is 0.0197. The van der Waals surface area contributed by atoms with Gasteiger partial charge in [0.05, 0.1) is 0 Å². The number of hydrogen-bond acceptors (Lipinski definition) is 3. The summed E-state index contributed by atoms with van der Waals surface area (Å²) in [6.45, 7) is 4.54. The predicted octanol–water partition coefficient (Wildman–Crippen LogP) is 1.85. The molecular formula is C14H25N3O2. The van der Waals surface area contributed by atoms with Gasteiger partial charge in [-0.15, -0.1) is 0 Å². The van der Waals surface area contributed by atoms with Crippen molar-refractivity contribution in [2.24, 2.45) is 27.6 Å². The highest BCUT2D eigenvalue weighted by Gasteiger charge is 2.54. The van der Waals surface area contributed by atoms with Crippen LogP contribution in [0, 0.1) is 16.7 Å². The van der Waals surface area contributed by atoms with Crippen molar-refractivity contribution in [2.75, 3.05) is 6.54 Å². The first kappa shape index (κ1) is 14.2. The van der Waals surface area contributed by atoms with Gasteiger partial charge in [0.25, 0.3) is 0 Å². The lowest BCUT2D eigenvalue weighted by atomic mass is 9.80. The van der Waals surface area contributed by atoms with Crippen molar-refractivity contribution in [1.29, 1.82) is 0 Å². The van der Waals surface area contributed by atoms with Gasteiger partial charge in [-0.25, -0.2) is 0 Å². The number of oxime groups is 1. The predicted molar refractivity (Wildman–Crippen MR) is 73.8 cm³/mol. The first-order chi connectivity index (χ1) is 9.04. The third-order valence-electron chi connectivity index (χ3n) is 5.18. The lowest BCUT2D eigenvalue weighted by Gasteiger charge is -2.29. The Morgan fingerprint density at radius 1 is 1.42 bits per heavy atom. The summed E-state index contributed by atoms with van der Waals surface area (Å²) >= 11 is 0. The van der Waals surface area contributed by atoms with E-state index in [0.717, 1.165) is 12.5 Å². The molecule has 2 fully saturated rings. The van der Waals surface area contributed by atoms with Crippen LogP contribution in [-0.2, 0) is 4.79 Å². The average Bonchev–Trinajstić information content (AvgIpc) is 3.30. The molecule has 0 aromatic heterocycles. The number of amidine groups is 1. The molecule has 108 valence electrons. The zero-order valence-corrected chi connectivity index (χ0v) is 11.9. The molecule has 2 aliphatic rings. The van der Waals surface area contributed by atoms with E-state index in [4.69, 9.17) is 10.9 Å². The SMILES string of the molecule is CCC(CC)(C(=O)NCC1(C2CC2)CC1)C(N)=NO. The summed E-state index contributed by atoms with van der Waals surface area (Å²) in [5.74, 6) is 0.736. The Morgan fingerprint density at radius 3 is 2.37 bits per heavy atom. The number of carbonyl (C=O) groups excluding carboxylic acids is 1. The quantitative estimate of drug-likeness (QED) is 0.285. The Labute approximate surface area is 114 Å². The number of amides is 1. The maximum absolute atomic E-state index is 12.5. The lowest BCUT2D eigenvalue weighted by molar-refractivity contribution is -0.128. The largest absolute Gasteiger partial charge is 0.409 e. The molecule has 0 saturated heterocycles. The second-order valence-corrected chi connectivity index (χ2v) is 6.09. The van der Waals surface area contributed by atoms with Crippen molar-refractivity contribution in [3.63, 3.8) is 0 Å². The van der Waals surface area contributed by atoms with E-state index >= 15 is 0 Å². The van der Waals surface area contributed by atoms with Gasteiger partial charge >= 0.3 is 0 Å². The molecule has 2 rings (SSSR count). The molecule has 0 aliphatic heterocycles. The zero-order chi connectivity index (χ0) is 14.1. The molecule has 1 amide bonds. The van der Waals surface area contributed by atoms with Crippen LogP contribution in [0.1, 0.15) is 52.4 Å². The molecule has 5 heteroatoms. The number of rotatable bonds is 7. The van der Waals surface area contributed by atoms with Crippen molar-refractivity contribution in [1.82, 2.24) is 5.32 Å². The summed E-state index contributed by atoms with van der Waals surface area (Å²) in [6, 6.07) is 0. The first-order valence-electron chi connectivity index (χ1n) is 7.31. The second kappa shape index (κ2) is 5.02. The smallest absolute Gasteiger partial charge is 0.233 e. The highest BCUT2D eigenvalue weighted by Crippen LogP contribution is 2.60. The molecule has 2 aliphatic carbocycles. The molecule has 5 nitrogen and oxygen atoms in total. The van der Waals surface area contributed by atoms with E-state index in [1.807, 2.05) is 13.8 Å². The summed E-state index contributed by atoms with van der Waals surface area (Å²) in [7, 11) is 0. The summed E-state index contributed by atoms with van der Waals surface area (Å²) in [5, 5.41) is 15.0. The van der Waals surface area contributed by atoms with Crippen molar-refractivity contribution < 1.29 is 10.0 Å². The van der Waals surface area contributed by atoms with E-state index < -0.39 is 5.41 Å². The summed E-state index contributed by atoms with van der Waals surface area (Å²) in [6.07, 6.45) is 6.16. The monoisotopic (exact) mass is 267 g/mol. The van der Waals surface area contributed by atoms with Crippen molar-refractivity contribution >= 4 is 11.7 Å². The Bertz CT molecular complexity index is 380. The van der Waals surface area contributed by atoms with Crippen LogP contribution in [0.25, 0.3) is 0 Å². The van der Waals surface area contributed by atoms with Crippen LogP contribution in [0.2, 0.25) is 0 Å². The zero-order valence-electron chi connectivity index (χ0n) is 11.9. The van der Waals surface area contributed by atoms with Gasteiger partial charge in [-0.05, 0) is 49.9 Å². The van der Waals surface area contributed by atoms with Gasteiger partial charge in [0.2, 0.25) is 5.91 Å². The van der Waals surface area contributed by atoms with Crippen LogP contribution in [0.4, 0.5) is 0 Å². The van der Waals surface area contributed by atoms with Gasteiger partial charge in [0.15, 0.2) is 5.84 Å². The number of carbonyl (C=O) groups is 1. The van der Waals surface area contributed by atoms with E-state index in [1.165, 1.54) is 25.7 Å². The van der Waals surface area contributed by atoms with Crippen LogP contribution >= 0.6 is 0 Å². The number of nitrogens with two attached hydrogens (primary N) is 1. The lowest BCUT2D eigenvalue weighted by Crippen LogP contribution is -2.50. The third-order valence-corrected chi connectivity index (χ3v) is 5.18. The fourth-order valence-corrected chi connectivity index (χ4v) is 3.16. The van der Waals surface area contributed by atoms with E-state index in [0.29, 0.717) is 18.3 Å². The topological polar surface area (TPSA) is 87.7 Å². The Kier molecular flexibility index (Phi) is 3.74. The molecule has 0 unspecified atom stereocenters. The molecule has 0 atom stereocenters. The van der Waals surface area contributed by atoms with Gasteiger partial charge in [0, 0.05) is 6.54 Å². The van der Waals surface area contributed by atoms with Crippen LogP contribution in [-0.4, -0.2) is 23.5 Å². The van der Waals surface area contributed by atoms with E-state index in [-0.39, 0.29) is 11.7 Å². The highest BCUT2D eigenvalue weighted by atomic mass is 16.4. The van der Waals surface area contributed by atoms with Crippen LogP contribution in [0.5, 0.6) is 0 Å². The maximum atomic E-state index is 12.5. The van der Waals surface area contributed by atoms with Gasteiger partial charge in [-0.1, -0.05) is 19.0 Å². The molecule has 19 heavy (non-hydrogen) atoms. The Hall–Kier alpha value is -1.26. The van der Waals surface area contributed by atoms with Gasteiger partial charge in [-0.3, -0.25) is 4.79 Å². The minimum atomic E-state index is -0.867. The normalized spacial score (nSPS) is 22.1. The molecule has 2 saturated carbocycles. The Morgan fingerprint density at radius 2 is 2.00 bits per heavy atom. The van der Waals surface area contributed by atoms with Crippen LogP contribution in [0.15, 0.2) is 5.16 Å². The first-order valence-corrected chi connectivity index (χ1v) is 7.31. The molecule has 0 aromatic rings. The highest BCUT2D eigenvalue weighted by molar-refractivity contribution is 6.06. The van der Waals surface area contributed by atoms with Gasteiger partial charge < -0.3 is 16.3 Å².